The molecule has 2 rings (SSSR count). The number of carbonyl (C=O) groups is 1. The minimum atomic E-state index is -3.69. The number of carbonyl (C=O) groups excluding carboxylic acids is 1. The zero-order chi connectivity index (χ0) is 18.6. The normalized spacial score (nSPS) is 19.3. The van der Waals surface area contributed by atoms with Crippen LogP contribution in [0.2, 0.25) is 0 Å². The first kappa shape index (κ1) is 19.9. The monoisotopic (exact) mass is 372 g/mol. The zero-order valence-corrected chi connectivity index (χ0v) is 16.2. The molecule has 0 aromatic carbocycles. The van der Waals surface area contributed by atoms with Crippen molar-refractivity contribution in [3.05, 3.63) is 11.5 Å². The van der Waals surface area contributed by atoms with E-state index >= 15 is 0 Å². The number of piperidine rings is 1. The summed E-state index contributed by atoms with van der Waals surface area (Å²) in [6, 6.07) is 0. The molecular weight excluding hydrogens is 344 g/mol. The lowest BCUT2D eigenvalue weighted by atomic mass is 9.99. The van der Waals surface area contributed by atoms with E-state index in [1.807, 2.05) is 14.1 Å². The highest BCUT2D eigenvalue weighted by atomic mass is 32.2. The minimum absolute atomic E-state index is 0.0718. The SMILES string of the molecule is Cc1noc(C)c1S(=O)(=O)N1CCCC(C(=O)NCCCN(C)C)C1. The highest BCUT2D eigenvalue weighted by Gasteiger charge is 2.36. The van der Waals surface area contributed by atoms with Crippen LogP contribution in [0.25, 0.3) is 0 Å². The van der Waals surface area contributed by atoms with Gasteiger partial charge in [0.05, 0.1) is 5.92 Å². The Morgan fingerprint density at radius 1 is 1.40 bits per heavy atom. The number of rotatable bonds is 7. The van der Waals surface area contributed by atoms with E-state index < -0.39 is 10.0 Å². The summed E-state index contributed by atoms with van der Waals surface area (Å²) in [5.74, 6) is -0.103. The molecule has 9 heteroatoms. The predicted octanol–water partition coefficient (Wildman–Crippen LogP) is 0.760. The Labute approximate surface area is 149 Å². The third-order valence-corrected chi connectivity index (χ3v) is 6.51. The van der Waals surface area contributed by atoms with Gasteiger partial charge in [-0.15, -0.1) is 0 Å². The molecule has 1 aliphatic heterocycles. The van der Waals surface area contributed by atoms with Crippen molar-refractivity contribution >= 4 is 15.9 Å². The van der Waals surface area contributed by atoms with E-state index in [1.165, 1.54) is 4.31 Å². The van der Waals surface area contributed by atoms with Crippen LogP contribution in [0.1, 0.15) is 30.7 Å². The quantitative estimate of drug-likeness (QED) is 0.710. The van der Waals surface area contributed by atoms with Crippen molar-refractivity contribution in [3.63, 3.8) is 0 Å². The van der Waals surface area contributed by atoms with E-state index in [1.54, 1.807) is 13.8 Å². The van der Waals surface area contributed by atoms with Crippen molar-refractivity contribution in [2.24, 2.45) is 5.92 Å². The largest absolute Gasteiger partial charge is 0.360 e. The van der Waals surface area contributed by atoms with Crippen molar-refractivity contribution in [1.82, 2.24) is 19.7 Å². The first-order valence-electron chi connectivity index (χ1n) is 8.59. The Morgan fingerprint density at radius 3 is 2.72 bits per heavy atom. The summed E-state index contributed by atoms with van der Waals surface area (Å²) in [7, 11) is 0.281. The maximum Gasteiger partial charge on any atom is 0.248 e. The molecule has 142 valence electrons. The van der Waals surface area contributed by atoms with Gasteiger partial charge in [-0.05, 0) is 53.8 Å². The Kier molecular flexibility index (Phi) is 6.59. The summed E-state index contributed by atoms with van der Waals surface area (Å²) < 4.78 is 32.1. The summed E-state index contributed by atoms with van der Waals surface area (Å²) in [4.78, 5) is 14.5. The van der Waals surface area contributed by atoms with Crippen LogP contribution in [-0.4, -0.2) is 69.0 Å². The Bertz CT molecular complexity index is 679. The molecule has 0 spiro atoms. The van der Waals surface area contributed by atoms with E-state index in [4.69, 9.17) is 4.52 Å². The topological polar surface area (TPSA) is 95.8 Å². The number of hydrogen-bond acceptors (Lipinski definition) is 6. The molecule has 1 aromatic heterocycles. The number of nitrogens with one attached hydrogen (secondary N) is 1. The highest BCUT2D eigenvalue weighted by Crippen LogP contribution is 2.27. The molecule has 1 aromatic rings. The molecule has 25 heavy (non-hydrogen) atoms. The average Bonchev–Trinajstić information content (AvgIpc) is 2.90. The van der Waals surface area contributed by atoms with Gasteiger partial charge in [-0.1, -0.05) is 5.16 Å². The van der Waals surface area contributed by atoms with Crippen LogP contribution in [0.5, 0.6) is 0 Å². The van der Waals surface area contributed by atoms with Crippen molar-refractivity contribution in [2.45, 2.75) is 38.0 Å². The van der Waals surface area contributed by atoms with Crippen LogP contribution >= 0.6 is 0 Å². The molecule has 1 atom stereocenters. The van der Waals surface area contributed by atoms with E-state index in [0.717, 1.165) is 13.0 Å². The molecular formula is C16H28N4O4S. The first-order chi connectivity index (χ1) is 11.7. The molecule has 0 bridgehead atoms. The van der Waals surface area contributed by atoms with Gasteiger partial charge < -0.3 is 14.7 Å². The van der Waals surface area contributed by atoms with E-state index in [0.29, 0.717) is 31.6 Å². The number of hydrogen-bond donors (Lipinski definition) is 1. The summed E-state index contributed by atoms with van der Waals surface area (Å²) in [5.41, 5.74) is 0.354. The number of nitrogens with zero attached hydrogens (tertiary/aromatic N) is 3. The second-order valence-corrected chi connectivity index (χ2v) is 8.68. The summed E-state index contributed by atoms with van der Waals surface area (Å²) in [6.07, 6.45) is 2.23. The minimum Gasteiger partial charge on any atom is -0.360 e. The second-order valence-electron chi connectivity index (χ2n) is 6.80. The highest BCUT2D eigenvalue weighted by molar-refractivity contribution is 7.89. The summed E-state index contributed by atoms with van der Waals surface area (Å²) in [5, 5.41) is 6.65. The fraction of sp³-hybridized carbons (Fsp3) is 0.750. The van der Waals surface area contributed by atoms with Gasteiger partial charge in [0.25, 0.3) is 0 Å². The Morgan fingerprint density at radius 2 is 2.12 bits per heavy atom. The van der Waals surface area contributed by atoms with Crippen LogP contribution in [-0.2, 0) is 14.8 Å². The number of amides is 1. The van der Waals surface area contributed by atoms with Gasteiger partial charge in [-0.2, -0.15) is 4.31 Å². The van der Waals surface area contributed by atoms with Gasteiger partial charge in [-0.3, -0.25) is 4.79 Å². The predicted molar refractivity (Wildman–Crippen MR) is 93.6 cm³/mol. The molecule has 0 aliphatic carbocycles. The molecule has 1 N–H and O–H groups in total. The van der Waals surface area contributed by atoms with Crippen LogP contribution in [0.15, 0.2) is 9.42 Å². The third kappa shape index (κ3) is 4.80. The third-order valence-electron chi connectivity index (χ3n) is 4.40. The van der Waals surface area contributed by atoms with E-state index in [2.05, 4.69) is 15.4 Å². The summed E-state index contributed by atoms with van der Waals surface area (Å²) in [6.45, 7) is 5.32. The fourth-order valence-corrected chi connectivity index (χ4v) is 4.91. The van der Waals surface area contributed by atoms with Crippen molar-refractivity contribution < 1.29 is 17.7 Å². The maximum atomic E-state index is 12.9. The van der Waals surface area contributed by atoms with Crippen molar-refractivity contribution in [3.8, 4) is 0 Å². The standard InChI is InChI=1S/C16H28N4O4S/c1-12-15(13(2)24-18-12)25(22,23)20-10-5-7-14(11-20)16(21)17-8-6-9-19(3)4/h14H,5-11H2,1-4H3,(H,17,21). The Hall–Kier alpha value is -1.45. The van der Waals surface area contributed by atoms with Crippen molar-refractivity contribution in [2.75, 3.05) is 40.3 Å². The molecule has 8 nitrogen and oxygen atoms in total. The molecule has 1 fully saturated rings. The fourth-order valence-electron chi connectivity index (χ4n) is 3.10. The van der Waals surface area contributed by atoms with E-state index in [9.17, 15) is 13.2 Å². The lowest BCUT2D eigenvalue weighted by molar-refractivity contribution is -0.126. The number of aromatic nitrogens is 1. The molecule has 2 heterocycles. The van der Waals surface area contributed by atoms with Gasteiger partial charge in [0.1, 0.15) is 10.6 Å². The van der Waals surface area contributed by atoms with Crippen molar-refractivity contribution in [1.29, 1.82) is 0 Å². The molecule has 1 aliphatic rings. The van der Waals surface area contributed by atoms with Gasteiger partial charge in [0.15, 0.2) is 5.76 Å². The molecule has 1 saturated heterocycles. The lowest BCUT2D eigenvalue weighted by Gasteiger charge is -2.31. The van der Waals surface area contributed by atoms with Gasteiger partial charge in [0, 0.05) is 19.6 Å². The maximum absolute atomic E-state index is 12.9. The van der Waals surface area contributed by atoms with Crippen LogP contribution in [0, 0.1) is 19.8 Å². The number of aryl methyl sites for hydroxylation is 2. The Balaban J connectivity index is 1.99. The van der Waals surface area contributed by atoms with E-state index in [-0.39, 0.29) is 29.0 Å². The van der Waals surface area contributed by atoms with Gasteiger partial charge in [0.2, 0.25) is 15.9 Å². The second kappa shape index (κ2) is 8.29. The zero-order valence-electron chi connectivity index (χ0n) is 15.4. The smallest absolute Gasteiger partial charge is 0.248 e. The molecule has 1 amide bonds. The average molecular weight is 372 g/mol. The summed E-state index contributed by atoms with van der Waals surface area (Å²) >= 11 is 0. The van der Waals surface area contributed by atoms with Gasteiger partial charge >= 0.3 is 0 Å². The van der Waals surface area contributed by atoms with Gasteiger partial charge in [-0.25, -0.2) is 8.42 Å². The first-order valence-corrected chi connectivity index (χ1v) is 10.0. The molecule has 1 unspecified atom stereocenters. The molecule has 0 radical (unpaired) electrons. The number of sulfonamides is 1. The van der Waals surface area contributed by atoms with Crippen LogP contribution < -0.4 is 5.32 Å². The van der Waals surface area contributed by atoms with Crippen LogP contribution in [0.3, 0.4) is 0 Å². The molecule has 0 saturated carbocycles. The van der Waals surface area contributed by atoms with Crippen LogP contribution in [0.4, 0.5) is 0 Å². The lowest BCUT2D eigenvalue weighted by Crippen LogP contribution is -2.45.